The zero-order valence-corrected chi connectivity index (χ0v) is 19.7. The van der Waals surface area contributed by atoms with Crippen LogP contribution in [0.2, 0.25) is 0 Å². The number of fused-ring (bicyclic) bond motifs is 2. The Morgan fingerprint density at radius 1 is 0.667 bits per heavy atom. The number of phenolic OH excluding ortho intramolecular Hbond substituents is 2. The average molecular weight is 501 g/mol. The Morgan fingerprint density at radius 3 is 1.36 bits per heavy atom. The number of hydrogen-bond acceptors (Lipinski definition) is 10. The maximum absolute atomic E-state index is 13.5. The van der Waals surface area contributed by atoms with Gasteiger partial charge in [0.15, 0.2) is 0 Å². The average Bonchev–Trinajstić information content (AvgIpc) is 2.83. The van der Waals surface area contributed by atoms with Gasteiger partial charge in [0.05, 0.1) is 22.3 Å². The van der Waals surface area contributed by atoms with Gasteiger partial charge in [-0.1, -0.05) is 0 Å². The number of carboxylic acid groups (broad SMARTS) is 2. The van der Waals surface area contributed by atoms with Crippen LogP contribution in [0, 0.1) is 0 Å². The van der Waals surface area contributed by atoms with E-state index >= 15 is 0 Å². The maximum atomic E-state index is 13.5. The highest BCUT2D eigenvalue weighted by atomic mass is 16.4. The summed E-state index contributed by atoms with van der Waals surface area (Å²) < 4.78 is 0. The summed E-state index contributed by atoms with van der Waals surface area (Å²) >= 11 is 0. The predicted octanol–water partition coefficient (Wildman–Crippen LogP) is 0.822. The molecule has 0 aromatic heterocycles. The highest BCUT2D eigenvalue weighted by molar-refractivity contribution is 6.33. The fourth-order valence-corrected chi connectivity index (χ4v) is 3.81. The number of carbonyl (C=O) groups excluding carboxylic acids is 2. The Morgan fingerprint density at radius 2 is 1.03 bits per heavy atom. The molecule has 0 unspecified atom stereocenters. The zero-order chi connectivity index (χ0) is 26.6. The van der Waals surface area contributed by atoms with Gasteiger partial charge in [0.1, 0.15) is 23.6 Å². The van der Waals surface area contributed by atoms with Crippen LogP contribution in [0.5, 0.6) is 11.5 Å². The van der Waals surface area contributed by atoms with Crippen LogP contribution in [-0.4, -0.2) is 82.2 Å². The fraction of sp³-hybridized carbons (Fsp3) is 0.333. The topological polar surface area (TPSA) is 197 Å². The van der Waals surface area contributed by atoms with E-state index in [2.05, 4.69) is 21.3 Å². The number of benzene rings is 2. The van der Waals surface area contributed by atoms with Crippen LogP contribution in [0.1, 0.15) is 45.7 Å². The van der Waals surface area contributed by atoms with Gasteiger partial charge in [-0.05, 0) is 38.1 Å². The molecule has 1 aliphatic carbocycles. The molecule has 0 heterocycles. The van der Waals surface area contributed by atoms with Crippen molar-refractivity contribution >= 4 is 34.9 Å². The first-order valence-electron chi connectivity index (χ1n) is 11.3. The smallest absolute Gasteiger partial charge is 0.320 e. The molecule has 0 saturated carbocycles. The first kappa shape index (κ1) is 26.4. The van der Waals surface area contributed by atoms with Crippen LogP contribution in [0.15, 0.2) is 24.3 Å². The Kier molecular flexibility index (Phi) is 8.12. The van der Waals surface area contributed by atoms with Gasteiger partial charge in [-0.15, -0.1) is 0 Å². The highest BCUT2D eigenvalue weighted by Crippen LogP contribution is 2.42. The molecule has 2 aromatic rings. The van der Waals surface area contributed by atoms with Crippen molar-refractivity contribution in [3.63, 3.8) is 0 Å². The molecular formula is C24H28N4O8. The Bertz CT molecular complexity index is 1120. The molecular weight excluding hydrogens is 472 g/mol. The molecule has 0 aliphatic heterocycles. The molecule has 0 saturated heterocycles. The lowest BCUT2D eigenvalue weighted by molar-refractivity contribution is -0.139. The molecule has 0 spiro atoms. The zero-order valence-electron chi connectivity index (χ0n) is 19.7. The number of anilines is 2. The SMILES string of the molecule is C[C@H](NCCNc1ccc(NCCN[C@@H](C)C(=O)O)c2c1C(=O)c1c(O)ccc(O)c1C2=O)C(=O)O. The van der Waals surface area contributed by atoms with E-state index in [0.29, 0.717) is 11.4 Å². The molecule has 2 aromatic carbocycles. The predicted molar refractivity (Wildman–Crippen MR) is 130 cm³/mol. The normalized spacial score (nSPS) is 13.9. The van der Waals surface area contributed by atoms with Gasteiger partial charge in [-0.25, -0.2) is 0 Å². The van der Waals surface area contributed by atoms with E-state index < -0.39 is 47.1 Å². The van der Waals surface area contributed by atoms with E-state index in [1.54, 1.807) is 12.1 Å². The van der Waals surface area contributed by atoms with E-state index in [1.807, 2.05) is 0 Å². The van der Waals surface area contributed by atoms with Gasteiger partial charge in [0.2, 0.25) is 11.6 Å². The van der Waals surface area contributed by atoms with Gasteiger partial charge in [0, 0.05) is 37.6 Å². The van der Waals surface area contributed by atoms with Gasteiger partial charge in [-0.3, -0.25) is 19.2 Å². The number of hydrogen-bond donors (Lipinski definition) is 8. The van der Waals surface area contributed by atoms with Crippen LogP contribution in [-0.2, 0) is 9.59 Å². The van der Waals surface area contributed by atoms with E-state index in [0.717, 1.165) is 12.1 Å². The number of rotatable bonds is 12. The quantitative estimate of drug-likeness (QED) is 0.129. The van der Waals surface area contributed by atoms with Gasteiger partial charge in [-0.2, -0.15) is 0 Å². The second kappa shape index (κ2) is 11.1. The largest absolute Gasteiger partial charge is 0.507 e. The molecule has 2 atom stereocenters. The van der Waals surface area contributed by atoms with Crippen molar-refractivity contribution in [3.05, 3.63) is 46.5 Å². The minimum atomic E-state index is -1.01. The van der Waals surface area contributed by atoms with Crippen LogP contribution in [0.4, 0.5) is 11.4 Å². The summed E-state index contributed by atoms with van der Waals surface area (Å²) in [5, 5.41) is 50.2. The molecule has 12 heteroatoms. The fourth-order valence-electron chi connectivity index (χ4n) is 3.81. The lowest BCUT2D eigenvalue weighted by atomic mass is 9.81. The molecule has 8 N–H and O–H groups in total. The summed E-state index contributed by atoms with van der Waals surface area (Å²) in [6.07, 6.45) is 0. The Balaban J connectivity index is 1.92. The molecule has 36 heavy (non-hydrogen) atoms. The molecule has 1 aliphatic rings. The number of aromatic hydroxyl groups is 2. The highest BCUT2D eigenvalue weighted by Gasteiger charge is 2.37. The summed E-state index contributed by atoms with van der Waals surface area (Å²) in [4.78, 5) is 48.9. The summed E-state index contributed by atoms with van der Waals surface area (Å²) in [5.41, 5.74) is -0.0213. The molecule has 0 fully saturated rings. The lowest BCUT2D eigenvalue weighted by Crippen LogP contribution is -2.37. The number of carbonyl (C=O) groups is 4. The van der Waals surface area contributed by atoms with Crippen molar-refractivity contribution < 1.29 is 39.6 Å². The van der Waals surface area contributed by atoms with Crippen LogP contribution in [0.3, 0.4) is 0 Å². The molecule has 0 bridgehead atoms. The van der Waals surface area contributed by atoms with Crippen molar-refractivity contribution in [3.8, 4) is 11.5 Å². The standard InChI is InChI=1S/C24H28N4O8/c1-11(23(33)34)25-7-9-27-13-3-4-14(28-10-8-26-12(2)24(35)36)18-17(13)21(31)19-15(29)5-6-16(30)20(19)22(18)32/h3-6,11-12,25-30H,7-10H2,1-2H3,(H,33,34)(H,35,36)/t11-,12-/m0/s1. The van der Waals surface area contributed by atoms with E-state index in [4.69, 9.17) is 10.2 Å². The molecule has 3 rings (SSSR count). The van der Waals surface area contributed by atoms with Gasteiger partial charge >= 0.3 is 11.9 Å². The third-order valence-electron chi connectivity index (χ3n) is 5.80. The molecule has 12 nitrogen and oxygen atoms in total. The number of nitrogens with one attached hydrogen (secondary N) is 4. The van der Waals surface area contributed by atoms with E-state index in [1.165, 1.54) is 13.8 Å². The first-order chi connectivity index (χ1) is 17.0. The Labute approximate surface area is 206 Å². The van der Waals surface area contributed by atoms with Crippen LogP contribution in [0.25, 0.3) is 0 Å². The number of ketones is 2. The Hall–Kier alpha value is -4.16. The monoisotopic (exact) mass is 500 g/mol. The van der Waals surface area contributed by atoms with Crippen molar-refractivity contribution in [1.82, 2.24) is 10.6 Å². The molecule has 192 valence electrons. The summed E-state index contributed by atoms with van der Waals surface area (Å²) in [6.45, 7) is 3.94. The third kappa shape index (κ3) is 5.39. The minimum Gasteiger partial charge on any atom is -0.507 e. The first-order valence-corrected chi connectivity index (χ1v) is 11.3. The van der Waals surface area contributed by atoms with Gasteiger partial charge < -0.3 is 41.7 Å². The van der Waals surface area contributed by atoms with E-state index in [9.17, 15) is 29.4 Å². The lowest BCUT2D eigenvalue weighted by Gasteiger charge is -2.25. The van der Waals surface area contributed by atoms with Crippen molar-refractivity contribution in [1.29, 1.82) is 0 Å². The molecule has 0 amide bonds. The number of phenols is 2. The number of carboxylic acids is 2. The number of aliphatic carboxylic acids is 2. The summed E-state index contributed by atoms with van der Waals surface area (Å²) in [5.74, 6) is -4.24. The second-order valence-electron chi connectivity index (χ2n) is 8.30. The molecule has 0 radical (unpaired) electrons. The van der Waals surface area contributed by atoms with Crippen molar-refractivity contribution in [2.24, 2.45) is 0 Å². The maximum Gasteiger partial charge on any atom is 0.320 e. The van der Waals surface area contributed by atoms with Gasteiger partial charge in [0.25, 0.3) is 0 Å². The van der Waals surface area contributed by atoms with Crippen molar-refractivity contribution in [2.75, 3.05) is 36.8 Å². The van der Waals surface area contributed by atoms with Crippen LogP contribution < -0.4 is 21.3 Å². The van der Waals surface area contributed by atoms with Crippen molar-refractivity contribution in [2.45, 2.75) is 25.9 Å². The summed E-state index contributed by atoms with van der Waals surface area (Å²) in [6, 6.07) is 3.86. The van der Waals surface area contributed by atoms with E-state index in [-0.39, 0.29) is 48.4 Å². The third-order valence-corrected chi connectivity index (χ3v) is 5.80. The second-order valence-corrected chi connectivity index (χ2v) is 8.30. The minimum absolute atomic E-state index is 0.00320. The summed E-state index contributed by atoms with van der Waals surface area (Å²) in [7, 11) is 0. The van der Waals surface area contributed by atoms with Crippen LogP contribution >= 0.6 is 0 Å².